The van der Waals surface area contributed by atoms with Crippen molar-refractivity contribution in [3.05, 3.63) is 46.5 Å². The van der Waals surface area contributed by atoms with Crippen LogP contribution in [-0.4, -0.2) is 19.3 Å². The Kier molecular flexibility index (Phi) is 3.56. The molecule has 0 radical (unpaired) electrons. The molecule has 1 unspecified atom stereocenters. The molecule has 2 heterocycles. The van der Waals surface area contributed by atoms with Gasteiger partial charge in [-0.3, -0.25) is 4.68 Å². The number of nitrogens with zero attached hydrogens (tertiary/aromatic N) is 4. The van der Waals surface area contributed by atoms with Gasteiger partial charge < -0.3 is 4.57 Å². The van der Waals surface area contributed by atoms with Crippen LogP contribution in [0.2, 0.25) is 0 Å². The SMILES string of the molecule is CC(Cl)c1nc2cc(Br)ccc2n1Cc1ccnn1C. The number of alkyl halides is 1. The lowest BCUT2D eigenvalue weighted by atomic mass is 10.3. The van der Waals surface area contributed by atoms with E-state index in [1.54, 1.807) is 6.20 Å². The van der Waals surface area contributed by atoms with Crippen LogP contribution in [0, 0.1) is 0 Å². The Morgan fingerprint density at radius 3 is 2.80 bits per heavy atom. The third-order valence-electron chi connectivity index (χ3n) is 3.34. The Bertz CT molecular complexity index is 760. The highest BCUT2D eigenvalue weighted by atomic mass is 79.9. The third-order valence-corrected chi connectivity index (χ3v) is 4.03. The minimum Gasteiger partial charge on any atom is -0.321 e. The Hall–Kier alpha value is -1.33. The van der Waals surface area contributed by atoms with Gasteiger partial charge in [-0.15, -0.1) is 11.6 Å². The maximum absolute atomic E-state index is 6.28. The fourth-order valence-corrected chi connectivity index (χ4v) is 2.83. The highest BCUT2D eigenvalue weighted by Gasteiger charge is 2.16. The first-order valence-electron chi connectivity index (χ1n) is 6.33. The summed E-state index contributed by atoms with van der Waals surface area (Å²) >= 11 is 9.76. The van der Waals surface area contributed by atoms with Crippen LogP contribution < -0.4 is 0 Å². The zero-order chi connectivity index (χ0) is 14.3. The topological polar surface area (TPSA) is 35.6 Å². The smallest absolute Gasteiger partial charge is 0.128 e. The Morgan fingerprint density at radius 1 is 1.35 bits per heavy atom. The predicted octanol–water partition coefficient (Wildman–Crippen LogP) is 3.88. The first-order chi connectivity index (χ1) is 9.56. The van der Waals surface area contributed by atoms with Gasteiger partial charge in [-0.2, -0.15) is 5.10 Å². The van der Waals surface area contributed by atoms with E-state index in [0.717, 1.165) is 27.0 Å². The molecule has 0 saturated heterocycles. The first-order valence-corrected chi connectivity index (χ1v) is 7.56. The molecule has 1 aromatic carbocycles. The molecule has 3 rings (SSSR count). The normalized spacial score (nSPS) is 13.0. The summed E-state index contributed by atoms with van der Waals surface area (Å²) in [6.45, 7) is 2.65. The molecule has 1 atom stereocenters. The summed E-state index contributed by atoms with van der Waals surface area (Å²) in [5.74, 6) is 0.876. The molecule has 0 saturated carbocycles. The van der Waals surface area contributed by atoms with E-state index >= 15 is 0 Å². The van der Waals surface area contributed by atoms with Gasteiger partial charge in [-0.25, -0.2) is 4.98 Å². The summed E-state index contributed by atoms with van der Waals surface area (Å²) in [5.41, 5.74) is 3.15. The number of aromatic nitrogens is 4. The van der Waals surface area contributed by atoms with Crippen LogP contribution in [0.3, 0.4) is 0 Å². The standard InChI is InChI=1S/C14H14BrClN4/c1-9(16)14-18-12-7-10(15)3-4-13(12)20(14)8-11-5-6-17-19(11)2/h3-7,9H,8H2,1-2H3. The maximum atomic E-state index is 6.28. The second-order valence-electron chi connectivity index (χ2n) is 4.75. The molecule has 0 fully saturated rings. The summed E-state index contributed by atoms with van der Waals surface area (Å²) in [6, 6.07) is 8.10. The van der Waals surface area contributed by atoms with Crippen molar-refractivity contribution in [3.63, 3.8) is 0 Å². The number of halogens is 2. The molecule has 4 nitrogen and oxygen atoms in total. The van der Waals surface area contributed by atoms with Crippen molar-refractivity contribution < 1.29 is 0 Å². The van der Waals surface area contributed by atoms with Crippen molar-refractivity contribution in [1.82, 2.24) is 19.3 Å². The van der Waals surface area contributed by atoms with Crippen LogP contribution in [0.15, 0.2) is 34.9 Å². The molecule has 0 amide bonds. The monoisotopic (exact) mass is 352 g/mol. The number of fused-ring (bicyclic) bond motifs is 1. The quantitative estimate of drug-likeness (QED) is 0.670. The molecule has 0 spiro atoms. The minimum absolute atomic E-state index is 0.144. The summed E-state index contributed by atoms with van der Waals surface area (Å²) in [7, 11) is 1.94. The van der Waals surface area contributed by atoms with E-state index in [2.05, 4.69) is 36.6 Å². The molecule has 0 aliphatic heterocycles. The largest absolute Gasteiger partial charge is 0.321 e. The van der Waals surface area contributed by atoms with E-state index in [0.29, 0.717) is 6.54 Å². The highest BCUT2D eigenvalue weighted by molar-refractivity contribution is 9.10. The fourth-order valence-electron chi connectivity index (χ4n) is 2.31. The maximum Gasteiger partial charge on any atom is 0.128 e. The van der Waals surface area contributed by atoms with Crippen molar-refractivity contribution in [2.75, 3.05) is 0 Å². The van der Waals surface area contributed by atoms with E-state index in [1.165, 1.54) is 0 Å². The van der Waals surface area contributed by atoms with Crippen LogP contribution in [0.1, 0.15) is 23.8 Å². The van der Waals surface area contributed by atoms with E-state index in [9.17, 15) is 0 Å². The van der Waals surface area contributed by atoms with E-state index < -0.39 is 0 Å². The third kappa shape index (κ3) is 2.36. The summed E-state index contributed by atoms with van der Waals surface area (Å²) < 4.78 is 5.04. The van der Waals surface area contributed by atoms with Crippen molar-refractivity contribution in [1.29, 1.82) is 0 Å². The van der Waals surface area contributed by atoms with E-state index in [-0.39, 0.29) is 5.38 Å². The average molecular weight is 354 g/mol. The van der Waals surface area contributed by atoms with Crippen molar-refractivity contribution in [2.45, 2.75) is 18.8 Å². The van der Waals surface area contributed by atoms with Gasteiger partial charge in [0.05, 0.1) is 28.6 Å². The van der Waals surface area contributed by atoms with Crippen molar-refractivity contribution in [3.8, 4) is 0 Å². The first kappa shape index (κ1) is 13.6. The number of benzene rings is 1. The Labute approximate surface area is 130 Å². The van der Waals surface area contributed by atoms with Gasteiger partial charge in [0, 0.05) is 17.7 Å². The van der Waals surface area contributed by atoms with Crippen molar-refractivity contribution in [2.24, 2.45) is 7.05 Å². The van der Waals surface area contributed by atoms with Gasteiger partial charge in [-0.05, 0) is 31.2 Å². The second-order valence-corrected chi connectivity index (χ2v) is 6.32. The molecular weight excluding hydrogens is 340 g/mol. The van der Waals surface area contributed by atoms with E-state index in [1.807, 2.05) is 36.9 Å². The zero-order valence-corrected chi connectivity index (χ0v) is 13.6. The number of rotatable bonds is 3. The van der Waals surface area contributed by atoms with Gasteiger partial charge in [0.15, 0.2) is 0 Å². The molecule has 0 aliphatic rings. The molecule has 104 valence electrons. The molecule has 0 N–H and O–H groups in total. The van der Waals surface area contributed by atoms with Crippen LogP contribution in [0.5, 0.6) is 0 Å². The Morgan fingerprint density at radius 2 is 2.15 bits per heavy atom. The molecule has 2 aromatic heterocycles. The summed E-state index contributed by atoms with van der Waals surface area (Å²) in [6.07, 6.45) is 1.80. The van der Waals surface area contributed by atoms with E-state index in [4.69, 9.17) is 11.6 Å². The molecular formula is C14H14BrClN4. The number of hydrogen-bond donors (Lipinski definition) is 0. The average Bonchev–Trinajstić information content (AvgIpc) is 2.95. The Balaban J connectivity index is 2.16. The van der Waals surface area contributed by atoms with Gasteiger partial charge in [0.25, 0.3) is 0 Å². The van der Waals surface area contributed by atoms with Gasteiger partial charge in [0.2, 0.25) is 0 Å². The number of hydrogen-bond acceptors (Lipinski definition) is 2. The minimum atomic E-state index is -0.144. The molecule has 0 bridgehead atoms. The summed E-state index contributed by atoms with van der Waals surface area (Å²) in [4.78, 5) is 4.65. The molecule has 0 aliphatic carbocycles. The lowest BCUT2D eigenvalue weighted by molar-refractivity contribution is 0.654. The highest BCUT2D eigenvalue weighted by Crippen LogP contribution is 2.27. The predicted molar refractivity (Wildman–Crippen MR) is 84.0 cm³/mol. The van der Waals surface area contributed by atoms with Crippen LogP contribution in [0.4, 0.5) is 0 Å². The lowest BCUT2D eigenvalue weighted by Gasteiger charge is -2.10. The zero-order valence-electron chi connectivity index (χ0n) is 11.2. The second kappa shape index (κ2) is 5.22. The number of imidazole rings is 1. The van der Waals surface area contributed by atoms with Crippen LogP contribution in [0.25, 0.3) is 11.0 Å². The van der Waals surface area contributed by atoms with Crippen LogP contribution >= 0.6 is 27.5 Å². The number of aryl methyl sites for hydroxylation is 1. The molecule has 20 heavy (non-hydrogen) atoms. The van der Waals surface area contributed by atoms with Gasteiger partial charge in [-0.1, -0.05) is 15.9 Å². The fraction of sp³-hybridized carbons (Fsp3) is 0.286. The van der Waals surface area contributed by atoms with Gasteiger partial charge >= 0.3 is 0 Å². The van der Waals surface area contributed by atoms with Crippen molar-refractivity contribution >= 4 is 38.6 Å². The molecule has 6 heteroatoms. The van der Waals surface area contributed by atoms with Gasteiger partial charge in [0.1, 0.15) is 5.82 Å². The molecule has 3 aromatic rings. The summed E-state index contributed by atoms with van der Waals surface area (Å²) in [5, 5.41) is 4.06. The van der Waals surface area contributed by atoms with Crippen LogP contribution in [-0.2, 0) is 13.6 Å². The lowest BCUT2D eigenvalue weighted by Crippen LogP contribution is -2.09.